The minimum absolute atomic E-state index is 0.0495. The fourth-order valence-electron chi connectivity index (χ4n) is 2.08. The van der Waals surface area contributed by atoms with Crippen LogP contribution in [0.15, 0.2) is 18.2 Å². The highest BCUT2D eigenvalue weighted by atomic mass is 16.7. The lowest BCUT2D eigenvalue weighted by Gasteiger charge is -2.21. The van der Waals surface area contributed by atoms with Gasteiger partial charge in [0.15, 0.2) is 5.75 Å². The molecule has 1 aliphatic rings. The largest absolute Gasteiger partial charge is 0.481 e. The van der Waals surface area contributed by atoms with Gasteiger partial charge in [0, 0.05) is 13.2 Å². The summed E-state index contributed by atoms with van der Waals surface area (Å²) >= 11 is 0. The predicted octanol–water partition coefficient (Wildman–Crippen LogP) is 2.83. The summed E-state index contributed by atoms with van der Waals surface area (Å²) in [4.78, 5) is 10.7. The van der Waals surface area contributed by atoms with Crippen LogP contribution in [0, 0.1) is 10.1 Å². The SMILES string of the molecule is COCOC[C@H]1O[C@H]1c1ccc([N+](=O)[O-])c(OC(C)(C)C)c1. The number of hydrogen-bond donors (Lipinski definition) is 0. The van der Waals surface area contributed by atoms with Crippen LogP contribution in [0.4, 0.5) is 5.69 Å². The van der Waals surface area contributed by atoms with E-state index in [4.69, 9.17) is 18.9 Å². The van der Waals surface area contributed by atoms with Gasteiger partial charge in [0.2, 0.25) is 0 Å². The number of methoxy groups -OCH3 is 1. The molecule has 0 N–H and O–H groups in total. The van der Waals surface area contributed by atoms with Crippen LogP contribution in [0.25, 0.3) is 0 Å². The Labute approximate surface area is 129 Å². The van der Waals surface area contributed by atoms with E-state index in [1.807, 2.05) is 20.8 Å². The molecular formula is C15H21NO6. The zero-order chi connectivity index (χ0) is 16.3. The molecule has 0 unspecified atom stereocenters. The molecule has 0 amide bonds. The van der Waals surface area contributed by atoms with Gasteiger partial charge in [-0.1, -0.05) is 0 Å². The van der Waals surface area contributed by atoms with Gasteiger partial charge in [-0.05, 0) is 38.5 Å². The van der Waals surface area contributed by atoms with Crippen LogP contribution in [0.2, 0.25) is 0 Å². The van der Waals surface area contributed by atoms with Crippen molar-refractivity contribution in [1.29, 1.82) is 0 Å². The second kappa shape index (κ2) is 6.60. The highest BCUT2D eigenvalue weighted by Crippen LogP contribution is 2.42. The number of nitro groups is 1. The van der Waals surface area contributed by atoms with E-state index in [9.17, 15) is 10.1 Å². The molecule has 22 heavy (non-hydrogen) atoms. The van der Waals surface area contributed by atoms with Gasteiger partial charge in [-0.25, -0.2) is 0 Å². The summed E-state index contributed by atoms with van der Waals surface area (Å²) in [6, 6.07) is 4.81. The zero-order valence-corrected chi connectivity index (χ0v) is 13.2. The molecule has 1 saturated heterocycles. The maximum Gasteiger partial charge on any atom is 0.310 e. The van der Waals surface area contributed by atoms with Gasteiger partial charge >= 0.3 is 5.69 Å². The van der Waals surface area contributed by atoms with E-state index in [1.165, 1.54) is 6.07 Å². The number of nitro benzene ring substituents is 1. The minimum atomic E-state index is -0.519. The van der Waals surface area contributed by atoms with Gasteiger partial charge in [0.05, 0.1) is 11.5 Å². The molecule has 0 saturated carbocycles. The molecule has 0 radical (unpaired) electrons. The smallest absolute Gasteiger partial charge is 0.310 e. The second-order valence-corrected chi connectivity index (χ2v) is 6.07. The summed E-state index contributed by atoms with van der Waals surface area (Å²) in [5.41, 5.74) is 0.275. The summed E-state index contributed by atoms with van der Waals surface area (Å²) in [7, 11) is 1.55. The molecular weight excluding hydrogens is 290 g/mol. The highest BCUT2D eigenvalue weighted by molar-refractivity contribution is 5.50. The summed E-state index contributed by atoms with van der Waals surface area (Å²) in [5.74, 6) is 0.252. The number of nitrogens with zero attached hydrogens (tertiary/aromatic N) is 1. The Morgan fingerprint density at radius 2 is 2.09 bits per heavy atom. The number of epoxide rings is 1. The molecule has 0 aromatic heterocycles. The van der Waals surface area contributed by atoms with Gasteiger partial charge in [0.25, 0.3) is 0 Å². The summed E-state index contributed by atoms with van der Waals surface area (Å²) in [6.07, 6.45) is -0.181. The Balaban J connectivity index is 2.11. The van der Waals surface area contributed by atoms with Gasteiger partial charge in [0.1, 0.15) is 24.6 Å². The number of benzene rings is 1. The second-order valence-electron chi connectivity index (χ2n) is 6.07. The van der Waals surface area contributed by atoms with E-state index >= 15 is 0 Å². The first-order valence-corrected chi connectivity index (χ1v) is 7.01. The number of rotatable bonds is 7. The highest BCUT2D eigenvalue weighted by Gasteiger charge is 2.41. The molecule has 0 aliphatic carbocycles. The molecule has 1 aromatic rings. The molecule has 7 heteroatoms. The van der Waals surface area contributed by atoms with Crippen molar-refractivity contribution >= 4 is 5.69 Å². The van der Waals surface area contributed by atoms with E-state index < -0.39 is 10.5 Å². The Morgan fingerprint density at radius 1 is 1.36 bits per heavy atom. The first-order valence-electron chi connectivity index (χ1n) is 7.01. The lowest BCUT2D eigenvalue weighted by molar-refractivity contribution is -0.386. The molecule has 2 atom stereocenters. The van der Waals surface area contributed by atoms with Crippen LogP contribution >= 0.6 is 0 Å². The number of hydrogen-bond acceptors (Lipinski definition) is 6. The van der Waals surface area contributed by atoms with E-state index in [2.05, 4.69) is 0 Å². The van der Waals surface area contributed by atoms with Crippen molar-refractivity contribution in [3.63, 3.8) is 0 Å². The maximum absolute atomic E-state index is 11.1. The standard InChI is InChI=1S/C15H21NO6/c1-15(2,3)22-12-7-10(5-6-11(12)16(17)18)14-13(21-14)8-20-9-19-4/h5-7,13-14H,8-9H2,1-4H3/t13-,14+/m1/s1. The van der Waals surface area contributed by atoms with E-state index in [0.717, 1.165) is 5.56 Å². The van der Waals surface area contributed by atoms with Crippen LogP contribution in [-0.2, 0) is 14.2 Å². The molecule has 1 heterocycles. The predicted molar refractivity (Wildman–Crippen MR) is 78.9 cm³/mol. The normalized spacial score (nSPS) is 20.7. The molecule has 0 spiro atoms. The van der Waals surface area contributed by atoms with Crippen molar-refractivity contribution in [1.82, 2.24) is 0 Å². The van der Waals surface area contributed by atoms with E-state index in [-0.39, 0.29) is 30.4 Å². The van der Waals surface area contributed by atoms with Crippen LogP contribution in [0.1, 0.15) is 32.4 Å². The van der Waals surface area contributed by atoms with Gasteiger partial charge < -0.3 is 18.9 Å². The molecule has 0 bridgehead atoms. The summed E-state index contributed by atoms with van der Waals surface area (Å²) in [5, 5.41) is 11.1. The summed E-state index contributed by atoms with van der Waals surface area (Å²) < 4.78 is 21.3. The Kier molecular flexibility index (Phi) is 5.00. The van der Waals surface area contributed by atoms with Crippen molar-refractivity contribution in [3.8, 4) is 5.75 Å². The van der Waals surface area contributed by atoms with Crippen LogP contribution in [-0.4, -0.2) is 37.1 Å². The lowest BCUT2D eigenvalue weighted by Crippen LogP contribution is -2.23. The van der Waals surface area contributed by atoms with Crippen molar-refractivity contribution in [2.75, 3.05) is 20.5 Å². The monoisotopic (exact) mass is 311 g/mol. The van der Waals surface area contributed by atoms with Gasteiger partial charge in [-0.2, -0.15) is 0 Å². The average Bonchev–Trinajstić information content (AvgIpc) is 3.16. The maximum atomic E-state index is 11.1. The third-order valence-electron chi connectivity index (χ3n) is 2.99. The molecule has 7 nitrogen and oxygen atoms in total. The Morgan fingerprint density at radius 3 is 2.68 bits per heavy atom. The van der Waals surface area contributed by atoms with E-state index in [0.29, 0.717) is 6.61 Å². The average molecular weight is 311 g/mol. The molecule has 122 valence electrons. The fraction of sp³-hybridized carbons (Fsp3) is 0.600. The molecule has 1 fully saturated rings. The molecule has 2 rings (SSSR count). The van der Waals surface area contributed by atoms with Crippen LogP contribution in [0.3, 0.4) is 0 Å². The van der Waals surface area contributed by atoms with Crippen molar-refractivity contribution in [3.05, 3.63) is 33.9 Å². The van der Waals surface area contributed by atoms with Crippen molar-refractivity contribution in [2.45, 2.75) is 38.6 Å². The topological polar surface area (TPSA) is 83.4 Å². The third-order valence-corrected chi connectivity index (χ3v) is 2.99. The van der Waals surface area contributed by atoms with Gasteiger partial charge in [-0.15, -0.1) is 0 Å². The minimum Gasteiger partial charge on any atom is -0.481 e. The molecule has 1 aliphatic heterocycles. The quantitative estimate of drug-likeness (QED) is 0.253. The van der Waals surface area contributed by atoms with Crippen LogP contribution in [0.5, 0.6) is 5.75 Å². The summed E-state index contributed by atoms with van der Waals surface area (Å²) in [6.45, 7) is 6.17. The van der Waals surface area contributed by atoms with Crippen LogP contribution < -0.4 is 4.74 Å². The van der Waals surface area contributed by atoms with Crippen molar-refractivity contribution < 1.29 is 23.9 Å². The lowest BCUT2D eigenvalue weighted by atomic mass is 10.1. The Hall–Kier alpha value is -1.70. The first-order chi connectivity index (χ1) is 10.3. The van der Waals surface area contributed by atoms with Gasteiger partial charge in [-0.3, -0.25) is 10.1 Å². The third kappa shape index (κ3) is 4.40. The van der Waals surface area contributed by atoms with Crippen molar-refractivity contribution in [2.24, 2.45) is 0 Å². The zero-order valence-electron chi connectivity index (χ0n) is 13.2. The molecule has 1 aromatic carbocycles. The number of ether oxygens (including phenoxy) is 4. The van der Waals surface area contributed by atoms with E-state index in [1.54, 1.807) is 19.2 Å². The first kappa shape index (κ1) is 16.7. The Bertz CT molecular complexity index is 539. The fourth-order valence-corrected chi connectivity index (χ4v) is 2.08.